The van der Waals surface area contributed by atoms with Crippen LogP contribution in [0.1, 0.15) is 60.8 Å². The molecule has 0 bridgehead atoms. The summed E-state index contributed by atoms with van der Waals surface area (Å²) in [6.07, 6.45) is 3.88. The van der Waals surface area contributed by atoms with E-state index in [1.54, 1.807) is 0 Å². The number of ether oxygens (including phenoxy) is 1. The third-order valence-corrected chi connectivity index (χ3v) is 15.6. The van der Waals surface area contributed by atoms with Gasteiger partial charge in [-0.15, -0.1) is 0 Å². The average Bonchev–Trinajstić information content (AvgIpc) is 2.50. The predicted octanol–water partition coefficient (Wildman–Crippen LogP) is 7.06. The SMILES string of the molecule is COC(=O)CCCC(O[Si](C)(C)C(C)(C)C)C(C=CI)O[Si](C)(C)C(C)(C)C. The van der Waals surface area contributed by atoms with E-state index in [1.807, 2.05) is 4.08 Å². The van der Waals surface area contributed by atoms with Crippen LogP contribution in [0, 0.1) is 0 Å². The van der Waals surface area contributed by atoms with Crippen LogP contribution < -0.4 is 0 Å². The van der Waals surface area contributed by atoms with E-state index in [0.29, 0.717) is 6.42 Å². The average molecular weight is 543 g/mol. The topological polar surface area (TPSA) is 44.8 Å². The Morgan fingerprint density at radius 2 is 1.43 bits per heavy atom. The first kappa shape index (κ1) is 28.3. The minimum atomic E-state index is -1.98. The smallest absolute Gasteiger partial charge is 0.305 e. The summed E-state index contributed by atoms with van der Waals surface area (Å²) in [5.41, 5.74) is 0. The Bertz CT molecular complexity index is 519. The van der Waals surface area contributed by atoms with Crippen LogP contribution in [0.4, 0.5) is 0 Å². The quantitative estimate of drug-likeness (QED) is 0.168. The Kier molecular flexibility index (Phi) is 11.2. The van der Waals surface area contributed by atoms with Gasteiger partial charge in [-0.2, -0.15) is 0 Å². The molecule has 7 heteroatoms. The van der Waals surface area contributed by atoms with Gasteiger partial charge in [-0.25, -0.2) is 0 Å². The number of carbonyl (C=O) groups excluding carboxylic acids is 1. The molecule has 0 saturated heterocycles. The molecule has 0 rings (SSSR count). The minimum absolute atomic E-state index is 0.0642. The first-order valence-corrected chi connectivity index (χ1v) is 17.2. The highest BCUT2D eigenvalue weighted by atomic mass is 127. The van der Waals surface area contributed by atoms with Gasteiger partial charge in [-0.1, -0.05) is 64.1 Å². The summed E-state index contributed by atoms with van der Waals surface area (Å²) in [6, 6.07) is 0. The zero-order valence-corrected chi connectivity index (χ0v) is 24.1. The lowest BCUT2D eigenvalue weighted by Crippen LogP contribution is -2.51. The lowest BCUT2D eigenvalue weighted by atomic mass is 10.1. The first-order chi connectivity index (χ1) is 12.5. The fourth-order valence-electron chi connectivity index (χ4n) is 2.22. The van der Waals surface area contributed by atoms with Crippen LogP contribution in [0.2, 0.25) is 36.3 Å². The van der Waals surface area contributed by atoms with E-state index in [1.165, 1.54) is 7.11 Å². The molecule has 4 nitrogen and oxygen atoms in total. The molecule has 0 spiro atoms. The Labute approximate surface area is 189 Å². The Morgan fingerprint density at radius 3 is 1.82 bits per heavy atom. The number of carbonyl (C=O) groups is 1. The van der Waals surface area contributed by atoms with Gasteiger partial charge in [0, 0.05) is 6.42 Å². The van der Waals surface area contributed by atoms with Gasteiger partial charge < -0.3 is 13.6 Å². The van der Waals surface area contributed by atoms with Gasteiger partial charge in [0.15, 0.2) is 16.6 Å². The van der Waals surface area contributed by atoms with Gasteiger partial charge in [-0.3, -0.25) is 4.79 Å². The standard InChI is InChI=1S/C21H43IO4Si2/c1-20(2,3)27(8,9)25-17(13-12-14-19(23)24-7)18(15-16-22)26-28(10,11)21(4,5)6/h15-18H,12-14H2,1-11H3. The fourth-order valence-corrected chi connectivity index (χ4v) is 5.26. The molecule has 0 fully saturated rings. The number of rotatable bonds is 10. The maximum atomic E-state index is 11.6. The van der Waals surface area contributed by atoms with Crippen molar-refractivity contribution in [2.24, 2.45) is 0 Å². The second kappa shape index (κ2) is 11.1. The highest BCUT2D eigenvalue weighted by molar-refractivity contribution is 14.1. The van der Waals surface area contributed by atoms with Crippen LogP contribution in [0.25, 0.3) is 0 Å². The van der Waals surface area contributed by atoms with Crippen LogP contribution in [-0.4, -0.2) is 41.9 Å². The maximum absolute atomic E-state index is 11.6. The molecule has 0 N–H and O–H groups in total. The number of esters is 1. The van der Waals surface area contributed by atoms with Gasteiger partial charge in [-0.05, 0) is 59.3 Å². The molecule has 0 aliphatic rings. The largest absolute Gasteiger partial charge is 0.469 e. The van der Waals surface area contributed by atoms with E-state index >= 15 is 0 Å². The summed E-state index contributed by atoms with van der Waals surface area (Å²) in [5.74, 6) is -0.169. The highest BCUT2D eigenvalue weighted by Gasteiger charge is 2.44. The van der Waals surface area contributed by atoms with E-state index in [9.17, 15) is 4.79 Å². The summed E-state index contributed by atoms with van der Waals surface area (Å²) in [6.45, 7) is 22.6. The number of methoxy groups -OCH3 is 1. The van der Waals surface area contributed by atoms with Crippen molar-refractivity contribution < 1.29 is 18.4 Å². The molecule has 0 saturated carbocycles. The van der Waals surface area contributed by atoms with Crippen molar-refractivity contribution in [2.45, 2.75) is 109 Å². The number of hydrogen-bond acceptors (Lipinski definition) is 4. The summed E-state index contributed by atoms with van der Waals surface area (Å²) < 4.78 is 20.4. The van der Waals surface area contributed by atoms with E-state index in [4.69, 9.17) is 13.6 Å². The van der Waals surface area contributed by atoms with Gasteiger partial charge in [0.2, 0.25) is 0 Å². The lowest BCUT2D eigenvalue weighted by Gasteiger charge is -2.44. The Morgan fingerprint density at radius 1 is 0.964 bits per heavy atom. The van der Waals surface area contributed by atoms with Gasteiger partial charge in [0.1, 0.15) is 0 Å². The Balaban J connectivity index is 5.69. The van der Waals surface area contributed by atoms with Crippen LogP contribution in [0.3, 0.4) is 0 Å². The van der Waals surface area contributed by atoms with Crippen molar-refractivity contribution in [3.63, 3.8) is 0 Å². The van der Waals surface area contributed by atoms with Crippen LogP contribution in [0.5, 0.6) is 0 Å². The molecular weight excluding hydrogens is 499 g/mol. The summed E-state index contributed by atoms with van der Waals surface area (Å²) in [4.78, 5) is 11.6. The minimum Gasteiger partial charge on any atom is -0.469 e. The predicted molar refractivity (Wildman–Crippen MR) is 133 cm³/mol. The zero-order valence-electron chi connectivity index (χ0n) is 19.9. The number of hydrogen-bond donors (Lipinski definition) is 0. The van der Waals surface area contributed by atoms with Crippen molar-refractivity contribution in [1.82, 2.24) is 0 Å². The molecule has 0 heterocycles. The van der Waals surface area contributed by atoms with E-state index in [-0.39, 0.29) is 28.3 Å². The molecule has 28 heavy (non-hydrogen) atoms. The first-order valence-electron chi connectivity index (χ1n) is 10.2. The summed E-state index contributed by atoms with van der Waals surface area (Å²) in [7, 11) is -2.51. The third-order valence-electron chi connectivity index (χ3n) is 6.22. The van der Waals surface area contributed by atoms with E-state index in [0.717, 1.165) is 12.8 Å². The van der Waals surface area contributed by atoms with Crippen molar-refractivity contribution in [1.29, 1.82) is 0 Å². The molecule has 2 unspecified atom stereocenters. The van der Waals surface area contributed by atoms with Crippen molar-refractivity contribution in [3.8, 4) is 0 Å². The van der Waals surface area contributed by atoms with Crippen LogP contribution in [-0.2, 0) is 18.4 Å². The third kappa shape index (κ3) is 8.97. The highest BCUT2D eigenvalue weighted by Crippen LogP contribution is 2.41. The van der Waals surface area contributed by atoms with E-state index in [2.05, 4.69) is 96.4 Å². The number of halogens is 1. The molecule has 2 atom stereocenters. The molecule has 0 aliphatic carbocycles. The van der Waals surface area contributed by atoms with Crippen LogP contribution >= 0.6 is 22.6 Å². The van der Waals surface area contributed by atoms with Crippen molar-refractivity contribution >= 4 is 45.2 Å². The lowest BCUT2D eigenvalue weighted by molar-refractivity contribution is -0.140. The molecule has 166 valence electrons. The second-order valence-corrected chi connectivity index (χ2v) is 20.8. The molecule has 0 aromatic carbocycles. The zero-order chi connectivity index (χ0) is 22.4. The van der Waals surface area contributed by atoms with Gasteiger partial charge in [0.05, 0.1) is 19.3 Å². The van der Waals surface area contributed by atoms with E-state index < -0.39 is 16.6 Å². The summed E-state index contributed by atoms with van der Waals surface area (Å²) >= 11 is 2.25. The molecule has 0 aliphatic heterocycles. The fraction of sp³-hybridized carbons (Fsp3) is 0.857. The molecule has 0 aromatic heterocycles. The van der Waals surface area contributed by atoms with Crippen molar-refractivity contribution in [2.75, 3.05) is 7.11 Å². The molecule has 0 radical (unpaired) electrons. The summed E-state index contributed by atoms with van der Waals surface area (Å²) in [5, 5.41) is 0.237. The maximum Gasteiger partial charge on any atom is 0.305 e. The van der Waals surface area contributed by atoms with Gasteiger partial charge >= 0.3 is 5.97 Å². The Hall–Kier alpha value is 0.294. The van der Waals surface area contributed by atoms with Gasteiger partial charge in [0.25, 0.3) is 0 Å². The molecular formula is C21H43IO4Si2. The van der Waals surface area contributed by atoms with Crippen LogP contribution in [0.15, 0.2) is 10.2 Å². The molecule has 0 aromatic rings. The normalized spacial score (nSPS) is 16.3. The monoisotopic (exact) mass is 542 g/mol. The second-order valence-electron chi connectivity index (χ2n) is 10.5. The van der Waals surface area contributed by atoms with Crippen molar-refractivity contribution in [3.05, 3.63) is 10.2 Å². The molecule has 0 amide bonds.